The van der Waals surface area contributed by atoms with Gasteiger partial charge in [0.1, 0.15) is 0 Å². The first kappa shape index (κ1) is 47.1. The van der Waals surface area contributed by atoms with Gasteiger partial charge >= 0.3 is 71.6 Å². The molecule has 0 rings (SSSR count). The Morgan fingerprint density at radius 1 is 0.347 bits per heavy atom. The third-order valence-electron chi connectivity index (χ3n) is 6.65. The van der Waals surface area contributed by atoms with Crippen LogP contribution in [0, 0.1) is 5.92 Å². The molecule has 0 aliphatic rings. The van der Waals surface area contributed by atoms with Crippen LogP contribution in [0.1, 0.15) is 33.6 Å². The lowest BCUT2D eigenvalue weighted by Crippen LogP contribution is -2.70. The van der Waals surface area contributed by atoms with Gasteiger partial charge in [-0.05, 0) is 6.92 Å². The van der Waals surface area contributed by atoms with E-state index in [1.54, 1.807) is 0 Å². The molecule has 0 aromatic heterocycles. The van der Waals surface area contributed by atoms with Crippen molar-refractivity contribution in [3.63, 3.8) is 0 Å². The molecule has 0 aromatic carbocycles. The fourth-order valence-corrected chi connectivity index (χ4v) is 3.06. The highest BCUT2D eigenvalue weighted by Crippen LogP contribution is 2.62. The minimum absolute atomic E-state index is 0.323. The molecule has 0 spiro atoms. The van der Waals surface area contributed by atoms with Gasteiger partial charge in [0.15, 0.2) is 5.79 Å². The maximum atomic E-state index is 13.9. The lowest BCUT2D eigenvalue weighted by molar-refractivity contribution is -0.441. The van der Waals surface area contributed by atoms with Crippen molar-refractivity contribution in [2.45, 2.75) is 111 Å². The second-order valence-electron chi connectivity index (χ2n) is 10.4. The third kappa shape index (κ3) is 7.40. The van der Waals surface area contributed by atoms with Gasteiger partial charge in [0, 0.05) is 18.8 Å². The van der Waals surface area contributed by atoms with Crippen LogP contribution < -0.4 is 0 Å². The van der Waals surface area contributed by atoms with Gasteiger partial charge in [-0.1, -0.05) is 13.8 Å². The van der Waals surface area contributed by atoms with Gasteiger partial charge in [0.2, 0.25) is 0 Å². The first-order valence-electron chi connectivity index (χ1n) is 12.0. The molecule has 0 aliphatic heterocycles. The molecule has 0 aromatic rings. The summed E-state index contributed by atoms with van der Waals surface area (Å²) in [5.74, 6) is -82.7. The molecule has 0 radical (unpaired) electrons. The minimum atomic E-state index is -8.27. The first-order chi connectivity index (χ1) is 20.9. The number of alkyl halides is 26. The van der Waals surface area contributed by atoms with Crippen LogP contribution in [-0.2, 0) is 9.47 Å². The van der Waals surface area contributed by atoms with Crippen LogP contribution in [0.15, 0.2) is 0 Å². The average Bonchev–Trinajstić information content (AvgIpc) is 2.85. The van der Waals surface area contributed by atoms with E-state index < -0.39 is 109 Å². The summed E-state index contributed by atoms with van der Waals surface area (Å²) >= 11 is 0. The Labute approximate surface area is 255 Å². The predicted octanol–water partition coefficient (Wildman–Crippen LogP) is 10.6. The van der Waals surface area contributed by atoms with Crippen LogP contribution in [0.4, 0.5) is 114 Å². The molecule has 0 saturated carbocycles. The van der Waals surface area contributed by atoms with Crippen molar-refractivity contribution >= 4 is 0 Å². The molecule has 0 bridgehead atoms. The molecular formula is C21H18F26O2. The Morgan fingerprint density at radius 3 is 0.735 bits per heavy atom. The zero-order chi connectivity index (χ0) is 40.3. The van der Waals surface area contributed by atoms with Gasteiger partial charge in [0.25, 0.3) is 0 Å². The molecule has 0 amide bonds. The summed E-state index contributed by atoms with van der Waals surface area (Å²) in [4.78, 5) is 0. The molecule has 0 aliphatic carbocycles. The van der Waals surface area contributed by atoms with E-state index in [0.29, 0.717) is 6.92 Å². The quantitative estimate of drug-likeness (QED) is 0.108. The fourth-order valence-electron chi connectivity index (χ4n) is 3.06. The predicted molar refractivity (Wildman–Crippen MR) is 106 cm³/mol. The van der Waals surface area contributed by atoms with Crippen LogP contribution in [0.2, 0.25) is 0 Å². The monoisotopic (exact) mass is 796 g/mol. The summed E-state index contributed by atoms with van der Waals surface area (Å²) in [5, 5.41) is 0. The van der Waals surface area contributed by atoms with Crippen LogP contribution >= 0.6 is 0 Å². The summed E-state index contributed by atoms with van der Waals surface area (Å²) in [7, 11) is 0. The second kappa shape index (κ2) is 12.9. The highest BCUT2D eigenvalue weighted by Gasteiger charge is 2.92. The lowest BCUT2D eigenvalue weighted by atomic mass is 9.92. The smallest absolute Gasteiger partial charge is 0.350 e. The Balaban J connectivity index is 6.08. The van der Waals surface area contributed by atoms with E-state index in [9.17, 15) is 114 Å². The van der Waals surface area contributed by atoms with Gasteiger partial charge in [-0.3, -0.25) is 0 Å². The summed E-state index contributed by atoms with van der Waals surface area (Å²) in [6.45, 7) is -2.73. The second-order valence-corrected chi connectivity index (χ2v) is 10.4. The molecule has 0 fully saturated rings. The standard InChI is InChI=1S/C21H18F26O2/c1-8(2)9(3,48-6-4-10(22,23)12(26,27)14(30,31)16(34,35)18(38,39)20(42,43)44)49-7-5-11(24,25)13(28,29)15(32,33)17(36,37)19(40,41)21(45,46)47/h8H,4-7H2,1-3H3. The molecule has 28 heteroatoms. The Kier molecular flexibility index (Phi) is 12.4. The van der Waals surface area contributed by atoms with Crippen molar-refractivity contribution in [3.05, 3.63) is 0 Å². The van der Waals surface area contributed by atoms with Crippen molar-refractivity contribution in [2.75, 3.05) is 13.2 Å². The lowest BCUT2D eigenvalue weighted by Gasteiger charge is -2.40. The van der Waals surface area contributed by atoms with E-state index in [4.69, 9.17) is 0 Å². The third-order valence-corrected chi connectivity index (χ3v) is 6.65. The molecule has 0 unspecified atom stereocenters. The van der Waals surface area contributed by atoms with Gasteiger partial charge in [-0.2, -0.15) is 114 Å². The summed E-state index contributed by atoms with van der Waals surface area (Å²) in [6.07, 6.45) is -21.5. The fraction of sp³-hybridized carbons (Fsp3) is 1.00. The summed E-state index contributed by atoms with van der Waals surface area (Å²) in [6, 6.07) is 0. The van der Waals surface area contributed by atoms with Crippen molar-refractivity contribution in [1.82, 2.24) is 0 Å². The SMILES string of the molecule is CC(C)C(C)(OCCC(F)(F)C(F)(F)C(F)(F)C(F)(F)C(F)(F)C(F)(F)F)OCCC(F)(F)C(F)(F)C(F)(F)C(F)(F)C(F)(F)C(F)(F)F. The van der Waals surface area contributed by atoms with Crippen molar-refractivity contribution in [2.24, 2.45) is 5.92 Å². The largest absolute Gasteiger partial charge is 0.460 e. The van der Waals surface area contributed by atoms with E-state index in [1.165, 1.54) is 0 Å². The molecule has 49 heavy (non-hydrogen) atoms. The van der Waals surface area contributed by atoms with Crippen LogP contribution in [0.25, 0.3) is 0 Å². The summed E-state index contributed by atoms with van der Waals surface area (Å²) in [5.41, 5.74) is 0. The molecule has 0 saturated heterocycles. The van der Waals surface area contributed by atoms with Crippen LogP contribution in [-0.4, -0.2) is 90.6 Å². The number of halogens is 26. The van der Waals surface area contributed by atoms with Gasteiger partial charge in [0.05, 0.1) is 13.2 Å². The zero-order valence-corrected chi connectivity index (χ0v) is 23.5. The first-order valence-corrected chi connectivity index (χ1v) is 12.0. The number of hydrogen-bond acceptors (Lipinski definition) is 2. The van der Waals surface area contributed by atoms with Gasteiger partial charge in [-0.15, -0.1) is 0 Å². The number of rotatable bonds is 17. The number of ether oxygens (including phenoxy) is 2. The van der Waals surface area contributed by atoms with E-state index in [1.807, 2.05) is 0 Å². The van der Waals surface area contributed by atoms with Gasteiger partial charge < -0.3 is 9.47 Å². The van der Waals surface area contributed by atoms with E-state index in [-0.39, 0.29) is 0 Å². The molecule has 0 N–H and O–H groups in total. The van der Waals surface area contributed by atoms with E-state index in [2.05, 4.69) is 9.47 Å². The summed E-state index contributed by atoms with van der Waals surface area (Å²) < 4.78 is 352. The van der Waals surface area contributed by atoms with E-state index in [0.717, 1.165) is 13.8 Å². The molecule has 0 atom stereocenters. The minimum Gasteiger partial charge on any atom is -0.350 e. The van der Waals surface area contributed by atoms with Crippen molar-refractivity contribution < 1.29 is 124 Å². The van der Waals surface area contributed by atoms with Crippen molar-refractivity contribution in [3.8, 4) is 0 Å². The Morgan fingerprint density at radius 2 is 0.551 bits per heavy atom. The average molecular weight is 796 g/mol. The zero-order valence-electron chi connectivity index (χ0n) is 23.5. The van der Waals surface area contributed by atoms with Crippen LogP contribution in [0.5, 0.6) is 0 Å². The maximum absolute atomic E-state index is 13.9. The van der Waals surface area contributed by atoms with Crippen LogP contribution in [0.3, 0.4) is 0 Å². The maximum Gasteiger partial charge on any atom is 0.460 e. The Hall–Kier alpha value is -1.90. The number of hydrogen-bond donors (Lipinski definition) is 0. The van der Waals surface area contributed by atoms with Crippen molar-refractivity contribution in [1.29, 1.82) is 0 Å². The Bertz CT molecular complexity index is 1040. The highest BCUT2D eigenvalue weighted by atomic mass is 19.4. The molecule has 296 valence electrons. The van der Waals surface area contributed by atoms with Gasteiger partial charge in [-0.25, -0.2) is 0 Å². The van der Waals surface area contributed by atoms with E-state index >= 15 is 0 Å². The normalized spacial score (nSPS) is 16.5. The topological polar surface area (TPSA) is 18.5 Å². The molecule has 0 heterocycles. The molecular weight excluding hydrogens is 778 g/mol. The molecule has 2 nitrogen and oxygen atoms in total. The highest BCUT2D eigenvalue weighted by molar-refractivity contribution is 5.11.